The van der Waals surface area contributed by atoms with Crippen LogP contribution >= 0.6 is 11.6 Å². The fraction of sp³-hybridized carbons (Fsp3) is 0.600. The van der Waals surface area contributed by atoms with Crippen LogP contribution in [0.15, 0.2) is 12.1 Å². The minimum absolute atomic E-state index is 0.0466. The first kappa shape index (κ1) is 14.6. The van der Waals surface area contributed by atoms with Crippen LogP contribution in [0, 0.1) is 28.4 Å². The zero-order valence-corrected chi connectivity index (χ0v) is 13.1. The number of nitrogens with one attached hydrogen (secondary N) is 1. The van der Waals surface area contributed by atoms with E-state index < -0.39 is 4.92 Å². The Morgan fingerprint density at radius 1 is 1.48 bits per heavy atom. The van der Waals surface area contributed by atoms with Gasteiger partial charge in [0.25, 0.3) is 5.69 Å². The molecule has 1 aromatic carbocycles. The molecule has 1 aromatic rings. The predicted molar refractivity (Wildman–Crippen MR) is 81.9 cm³/mol. The molecule has 0 spiro atoms. The summed E-state index contributed by atoms with van der Waals surface area (Å²) in [5.41, 5.74) is 1.72. The maximum Gasteiger partial charge on any atom is 0.288 e. The van der Waals surface area contributed by atoms with Gasteiger partial charge in [0, 0.05) is 35.7 Å². The summed E-state index contributed by atoms with van der Waals surface area (Å²) >= 11 is 6.02. The molecule has 3 unspecified atom stereocenters. The lowest BCUT2D eigenvalue weighted by Gasteiger charge is -2.55. The molecule has 1 aliphatic heterocycles. The molecule has 0 radical (unpaired) electrons. The number of nitro groups is 1. The number of aryl methyl sites for hydroxylation is 1. The maximum atomic E-state index is 10.9. The summed E-state index contributed by atoms with van der Waals surface area (Å²) in [6, 6.07) is 3.49. The molecule has 1 N–H and O–H groups in total. The molecule has 0 bridgehead atoms. The zero-order chi connectivity index (χ0) is 15.4. The van der Waals surface area contributed by atoms with E-state index in [9.17, 15) is 10.1 Å². The van der Waals surface area contributed by atoms with E-state index in [-0.39, 0.29) is 16.1 Å². The summed E-state index contributed by atoms with van der Waals surface area (Å²) in [5.74, 6) is 0.508. The van der Waals surface area contributed by atoms with Crippen molar-refractivity contribution in [1.82, 2.24) is 0 Å². The monoisotopic (exact) mass is 310 g/mol. The van der Waals surface area contributed by atoms with Crippen molar-refractivity contribution >= 4 is 23.0 Å². The van der Waals surface area contributed by atoms with Crippen LogP contribution in [0.3, 0.4) is 0 Å². The van der Waals surface area contributed by atoms with Crippen molar-refractivity contribution in [3.63, 3.8) is 0 Å². The molecular weight excluding hydrogens is 292 g/mol. The van der Waals surface area contributed by atoms with Crippen LogP contribution in [0.2, 0.25) is 5.02 Å². The summed E-state index contributed by atoms with van der Waals surface area (Å²) in [6.45, 7) is 7.07. The van der Waals surface area contributed by atoms with Crippen molar-refractivity contribution in [2.24, 2.45) is 11.3 Å². The number of hydrogen-bond acceptors (Lipinski definition) is 4. The van der Waals surface area contributed by atoms with Crippen molar-refractivity contribution in [3.05, 3.63) is 32.8 Å². The van der Waals surface area contributed by atoms with Gasteiger partial charge in [-0.2, -0.15) is 0 Å². The Balaban J connectivity index is 1.86. The van der Waals surface area contributed by atoms with Crippen LogP contribution in [0.25, 0.3) is 0 Å². The van der Waals surface area contributed by atoms with E-state index in [1.807, 2.05) is 6.92 Å². The summed E-state index contributed by atoms with van der Waals surface area (Å²) < 4.78 is 5.78. The number of benzene rings is 1. The Bertz CT molecular complexity index is 603. The van der Waals surface area contributed by atoms with E-state index in [4.69, 9.17) is 16.3 Å². The number of ether oxygens (including phenoxy) is 1. The molecule has 6 heteroatoms. The fourth-order valence-electron chi connectivity index (χ4n) is 3.75. The first-order chi connectivity index (χ1) is 9.82. The van der Waals surface area contributed by atoms with Crippen LogP contribution in [0.4, 0.5) is 11.4 Å². The van der Waals surface area contributed by atoms with E-state index in [0.29, 0.717) is 18.1 Å². The molecule has 21 heavy (non-hydrogen) atoms. The van der Waals surface area contributed by atoms with Gasteiger partial charge in [0.15, 0.2) is 0 Å². The second kappa shape index (κ2) is 4.85. The largest absolute Gasteiger partial charge is 0.381 e. The van der Waals surface area contributed by atoms with E-state index in [2.05, 4.69) is 19.2 Å². The lowest BCUT2D eigenvalue weighted by molar-refractivity contribution is -0.384. The highest BCUT2D eigenvalue weighted by atomic mass is 35.5. The highest BCUT2D eigenvalue weighted by Gasteiger charge is 2.59. The molecule has 1 heterocycles. The number of rotatable bonds is 3. The van der Waals surface area contributed by atoms with Gasteiger partial charge in [-0.05, 0) is 25.0 Å². The maximum absolute atomic E-state index is 10.9. The lowest BCUT2D eigenvalue weighted by atomic mass is 9.57. The number of nitro benzene ring substituents is 1. The molecule has 114 valence electrons. The van der Waals surface area contributed by atoms with Gasteiger partial charge in [0.05, 0.1) is 11.0 Å². The minimum atomic E-state index is -0.451. The molecule has 2 fully saturated rings. The Hall–Kier alpha value is -1.33. The van der Waals surface area contributed by atoms with Crippen molar-refractivity contribution in [1.29, 1.82) is 0 Å². The first-order valence-electron chi connectivity index (χ1n) is 7.15. The van der Waals surface area contributed by atoms with E-state index in [1.54, 1.807) is 6.07 Å². The first-order valence-corrected chi connectivity index (χ1v) is 7.53. The van der Waals surface area contributed by atoms with Gasteiger partial charge in [-0.1, -0.05) is 25.4 Å². The SMILES string of the molecule is Cc1cc([N+](=O)[O-])c(Cl)cc1NC1C2CCOC2C1(C)C. The Morgan fingerprint density at radius 2 is 2.19 bits per heavy atom. The molecule has 1 saturated carbocycles. The van der Waals surface area contributed by atoms with E-state index in [0.717, 1.165) is 24.3 Å². The minimum Gasteiger partial charge on any atom is -0.381 e. The summed E-state index contributed by atoms with van der Waals surface area (Å²) in [6.07, 6.45) is 1.37. The van der Waals surface area contributed by atoms with E-state index in [1.165, 1.54) is 6.07 Å². The molecule has 1 aliphatic carbocycles. The molecular formula is C15H19ClN2O3. The van der Waals surface area contributed by atoms with Crippen LogP contribution in [0.5, 0.6) is 0 Å². The number of anilines is 1. The Kier molecular flexibility index (Phi) is 3.37. The molecule has 0 amide bonds. The summed E-state index contributed by atoms with van der Waals surface area (Å²) in [4.78, 5) is 10.5. The van der Waals surface area contributed by atoms with Gasteiger partial charge >= 0.3 is 0 Å². The third-order valence-corrected chi connectivity index (χ3v) is 5.20. The number of hydrogen-bond donors (Lipinski definition) is 1. The second-order valence-electron chi connectivity index (χ2n) is 6.56. The zero-order valence-electron chi connectivity index (χ0n) is 12.4. The fourth-order valence-corrected chi connectivity index (χ4v) is 3.98. The van der Waals surface area contributed by atoms with Crippen molar-refractivity contribution in [2.45, 2.75) is 39.3 Å². The normalized spacial score (nSPS) is 29.6. The lowest BCUT2D eigenvalue weighted by Crippen LogP contribution is -2.63. The Labute approximate surface area is 128 Å². The van der Waals surface area contributed by atoms with Crippen LogP contribution < -0.4 is 5.32 Å². The van der Waals surface area contributed by atoms with Crippen molar-refractivity contribution in [2.75, 3.05) is 11.9 Å². The van der Waals surface area contributed by atoms with Crippen LogP contribution in [0.1, 0.15) is 25.8 Å². The standard InChI is InChI=1S/C15H19ClN2O3/c1-8-6-12(18(19)20)10(16)7-11(8)17-13-9-4-5-21-14(9)15(13,2)3/h6-7,9,13-14,17H,4-5H2,1-3H3. The highest BCUT2D eigenvalue weighted by molar-refractivity contribution is 6.33. The van der Waals surface area contributed by atoms with Crippen LogP contribution in [-0.2, 0) is 4.74 Å². The van der Waals surface area contributed by atoms with Crippen molar-refractivity contribution in [3.8, 4) is 0 Å². The molecule has 1 saturated heterocycles. The average Bonchev–Trinajstić information content (AvgIpc) is 2.85. The van der Waals surface area contributed by atoms with Crippen LogP contribution in [-0.4, -0.2) is 23.7 Å². The number of fused-ring (bicyclic) bond motifs is 1. The van der Waals surface area contributed by atoms with Crippen molar-refractivity contribution < 1.29 is 9.66 Å². The highest BCUT2D eigenvalue weighted by Crippen LogP contribution is 2.53. The van der Waals surface area contributed by atoms with Gasteiger partial charge in [-0.15, -0.1) is 0 Å². The molecule has 3 atom stereocenters. The third-order valence-electron chi connectivity index (χ3n) is 4.90. The smallest absolute Gasteiger partial charge is 0.288 e. The van der Waals surface area contributed by atoms with Gasteiger partial charge in [-0.25, -0.2) is 0 Å². The molecule has 2 aliphatic rings. The molecule has 5 nitrogen and oxygen atoms in total. The third kappa shape index (κ3) is 2.19. The number of halogens is 1. The second-order valence-corrected chi connectivity index (χ2v) is 6.97. The topological polar surface area (TPSA) is 64.4 Å². The Morgan fingerprint density at radius 3 is 2.86 bits per heavy atom. The van der Waals surface area contributed by atoms with Gasteiger partial charge in [0.1, 0.15) is 5.02 Å². The predicted octanol–water partition coefficient (Wildman–Crippen LogP) is 3.78. The number of nitrogens with zero attached hydrogens (tertiary/aromatic N) is 1. The molecule has 0 aromatic heterocycles. The average molecular weight is 311 g/mol. The quantitative estimate of drug-likeness (QED) is 0.681. The van der Waals surface area contributed by atoms with Gasteiger partial charge in [-0.3, -0.25) is 10.1 Å². The molecule has 3 rings (SSSR count). The van der Waals surface area contributed by atoms with Gasteiger partial charge in [0.2, 0.25) is 0 Å². The van der Waals surface area contributed by atoms with Gasteiger partial charge < -0.3 is 10.1 Å². The summed E-state index contributed by atoms with van der Waals surface area (Å²) in [5, 5.41) is 14.6. The van der Waals surface area contributed by atoms with E-state index >= 15 is 0 Å². The summed E-state index contributed by atoms with van der Waals surface area (Å²) in [7, 11) is 0.